The van der Waals surface area contributed by atoms with Crippen molar-refractivity contribution >= 4 is 18.8 Å². The molecule has 0 bridgehead atoms. The average molecular weight is 291 g/mol. The van der Waals surface area contributed by atoms with Crippen molar-refractivity contribution in [2.45, 2.75) is 38.9 Å². The van der Waals surface area contributed by atoms with Crippen molar-refractivity contribution < 1.29 is 13.7 Å². The van der Waals surface area contributed by atoms with Crippen LogP contribution in [0.4, 0.5) is 4.39 Å². The lowest BCUT2D eigenvalue weighted by atomic mass is 9.87. The summed E-state index contributed by atoms with van der Waals surface area (Å²) in [4.78, 5) is 0. The van der Waals surface area contributed by atoms with Crippen LogP contribution < -0.4 is 0 Å². The summed E-state index contributed by atoms with van der Waals surface area (Å²) in [6, 6.07) is 1.81. The first-order valence-electron chi connectivity index (χ1n) is 6.93. The first kappa shape index (κ1) is 14.3. The topological polar surface area (TPSA) is 40.7 Å². The maximum atomic E-state index is 14.4. The molecule has 5 nitrogen and oxygen atoms in total. The predicted molar refractivity (Wildman–Crippen MR) is 79.3 cm³/mol. The molecule has 112 valence electrons. The molecule has 1 saturated heterocycles. The number of halogens is 1. The highest BCUT2D eigenvalue weighted by Gasteiger charge is 2.53. The normalized spacial score (nSPS) is 21.4. The van der Waals surface area contributed by atoms with Crippen molar-refractivity contribution in [2.24, 2.45) is 7.05 Å². The van der Waals surface area contributed by atoms with Gasteiger partial charge in [-0.3, -0.25) is 0 Å². The van der Waals surface area contributed by atoms with Gasteiger partial charge in [-0.2, -0.15) is 5.10 Å². The highest BCUT2D eigenvalue weighted by atomic mass is 19.1. The third kappa shape index (κ3) is 2.30. The molecule has 0 radical (unpaired) electrons. The van der Waals surface area contributed by atoms with E-state index in [1.54, 1.807) is 4.52 Å². The summed E-state index contributed by atoms with van der Waals surface area (Å²) in [5.74, 6) is 0. The van der Waals surface area contributed by atoms with E-state index in [0.29, 0.717) is 5.69 Å². The molecule has 2 aromatic rings. The van der Waals surface area contributed by atoms with Gasteiger partial charge in [0.05, 0.1) is 16.9 Å². The molecule has 7 heteroatoms. The lowest BCUT2D eigenvalue weighted by molar-refractivity contribution is 0.00578. The van der Waals surface area contributed by atoms with Gasteiger partial charge < -0.3 is 13.9 Å². The van der Waals surface area contributed by atoms with E-state index < -0.39 is 24.0 Å². The zero-order valence-electron chi connectivity index (χ0n) is 12.9. The van der Waals surface area contributed by atoms with Crippen LogP contribution in [0, 0.1) is 0 Å². The number of rotatable bonds is 2. The van der Waals surface area contributed by atoms with Crippen molar-refractivity contribution in [3.05, 3.63) is 29.9 Å². The van der Waals surface area contributed by atoms with Crippen molar-refractivity contribution in [1.82, 2.24) is 14.2 Å². The molecule has 3 rings (SSSR count). The summed E-state index contributed by atoms with van der Waals surface area (Å²) in [5.41, 5.74) is -0.155. The van der Waals surface area contributed by atoms with Crippen LogP contribution in [0.1, 0.15) is 33.4 Å². The van der Waals surface area contributed by atoms with Crippen molar-refractivity contribution in [2.75, 3.05) is 0 Å². The second kappa shape index (κ2) is 4.45. The van der Waals surface area contributed by atoms with E-state index in [0.717, 1.165) is 5.65 Å². The van der Waals surface area contributed by atoms with Crippen molar-refractivity contribution in [3.8, 4) is 0 Å². The molecule has 1 fully saturated rings. The second-order valence-electron chi connectivity index (χ2n) is 6.40. The first-order valence-corrected chi connectivity index (χ1v) is 6.93. The lowest BCUT2D eigenvalue weighted by Crippen LogP contribution is -2.41. The Hall–Kier alpha value is -1.60. The largest absolute Gasteiger partial charge is 0.525 e. The zero-order chi connectivity index (χ0) is 15.4. The molecule has 0 saturated carbocycles. The third-order valence-corrected chi connectivity index (χ3v) is 4.29. The second-order valence-corrected chi connectivity index (χ2v) is 6.40. The zero-order valence-corrected chi connectivity index (χ0v) is 12.9. The number of fused-ring (bicyclic) bond motifs is 1. The molecule has 21 heavy (non-hydrogen) atoms. The van der Waals surface area contributed by atoms with Gasteiger partial charge in [-0.15, -0.1) is 0 Å². The minimum Gasteiger partial charge on any atom is -0.398 e. The fraction of sp³-hybridized carbons (Fsp3) is 0.500. The number of hydrogen-bond donors (Lipinski definition) is 0. The minimum atomic E-state index is -0.986. The summed E-state index contributed by atoms with van der Waals surface area (Å²) in [6.45, 7) is 7.58. The van der Waals surface area contributed by atoms with Gasteiger partial charge in [0.2, 0.25) is 0 Å². The van der Waals surface area contributed by atoms with E-state index in [-0.39, 0.29) is 0 Å². The van der Waals surface area contributed by atoms with Crippen LogP contribution in [-0.4, -0.2) is 32.5 Å². The molecule has 0 spiro atoms. The Morgan fingerprint density at radius 3 is 2.43 bits per heavy atom. The minimum absolute atomic E-state index is 0.475. The Labute approximate surface area is 123 Å². The summed E-state index contributed by atoms with van der Waals surface area (Å²) >= 11 is 0. The molecule has 0 aliphatic carbocycles. The molecule has 0 amide bonds. The number of imidazole rings is 1. The smallest absolute Gasteiger partial charge is 0.398 e. The van der Waals surface area contributed by atoms with E-state index in [1.807, 2.05) is 57.8 Å². The predicted octanol–water partition coefficient (Wildman–Crippen LogP) is 2.61. The summed E-state index contributed by atoms with van der Waals surface area (Å²) in [5, 5.41) is 4.29. The van der Waals surface area contributed by atoms with E-state index in [4.69, 9.17) is 9.31 Å². The Bertz CT molecular complexity index is 701. The van der Waals surface area contributed by atoms with Gasteiger partial charge in [0.25, 0.3) is 0 Å². The van der Waals surface area contributed by atoms with Gasteiger partial charge in [0.1, 0.15) is 11.4 Å². The molecule has 2 aromatic heterocycles. The number of nitrogens with zero attached hydrogens (tertiary/aromatic N) is 3. The molecule has 0 atom stereocenters. The monoisotopic (exact) mass is 291 g/mol. The van der Waals surface area contributed by atoms with Crippen LogP contribution in [0.15, 0.2) is 24.2 Å². The average Bonchev–Trinajstić information content (AvgIpc) is 2.95. The lowest BCUT2D eigenvalue weighted by Gasteiger charge is -2.32. The summed E-state index contributed by atoms with van der Waals surface area (Å²) in [6.07, 6.45) is 5.06. The Balaban J connectivity index is 1.86. The third-order valence-electron chi connectivity index (χ3n) is 4.29. The van der Waals surface area contributed by atoms with Crippen LogP contribution in [0.2, 0.25) is 0 Å². The highest BCUT2D eigenvalue weighted by molar-refractivity contribution is 6.54. The van der Waals surface area contributed by atoms with Crippen LogP contribution in [-0.2, 0) is 16.4 Å². The fourth-order valence-corrected chi connectivity index (χ4v) is 2.25. The Morgan fingerprint density at radius 1 is 1.24 bits per heavy atom. The summed E-state index contributed by atoms with van der Waals surface area (Å²) < 4.78 is 29.3. The molecule has 0 unspecified atom stereocenters. The molecular formula is C14H19BFN3O2. The van der Waals surface area contributed by atoms with E-state index in [1.165, 1.54) is 6.08 Å². The number of aromatic nitrogens is 3. The van der Waals surface area contributed by atoms with E-state index >= 15 is 0 Å². The number of hydrogen-bond acceptors (Lipinski definition) is 3. The van der Waals surface area contributed by atoms with Gasteiger partial charge in [0.15, 0.2) is 0 Å². The Morgan fingerprint density at radius 2 is 1.86 bits per heavy atom. The van der Waals surface area contributed by atoms with Crippen LogP contribution in [0.5, 0.6) is 0 Å². The van der Waals surface area contributed by atoms with Gasteiger partial charge in [-0.25, -0.2) is 8.91 Å². The first-order chi connectivity index (χ1) is 9.69. The van der Waals surface area contributed by atoms with E-state index in [2.05, 4.69) is 5.10 Å². The molecule has 0 aromatic carbocycles. The fourth-order valence-electron chi connectivity index (χ4n) is 2.25. The van der Waals surface area contributed by atoms with Crippen LogP contribution in [0.3, 0.4) is 0 Å². The van der Waals surface area contributed by atoms with Crippen LogP contribution in [0.25, 0.3) is 11.7 Å². The molecule has 3 heterocycles. The Kier molecular flexibility index (Phi) is 3.04. The maximum absolute atomic E-state index is 14.4. The maximum Gasteiger partial charge on any atom is 0.525 e. The molecule has 1 aliphatic rings. The van der Waals surface area contributed by atoms with Gasteiger partial charge in [-0.05, 0) is 33.8 Å². The van der Waals surface area contributed by atoms with Crippen LogP contribution >= 0.6 is 0 Å². The summed E-state index contributed by atoms with van der Waals surface area (Å²) in [7, 11) is 0.926. The van der Waals surface area contributed by atoms with Gasteiger partial charge in [-0.1, -0.05) is 0 Å². The van der Waals surface area contributed by atoms with Gasteiger partial charge >= 0.3 is 7.12 Å². The molecule has 1 aliphatic heterocycles. The standard InChI is InChI=1S/C14H19BFN3O2/c1-13(2)14(3,4)21-15(20-13)11(16)8-10-9-12-18(5)6-7-19(12)17-10/h6-9H,1-5H3. The molecule has 0 N–H and O–H groups in total. The van der Waals surface area contributed by atoms with Crippen molar-refractivity contribution in [3.63, 3.8) is 0 Å². The van der Waals surface area contributed by atoms with E-state index in [9.17, 15) is 4.39 Å². The van der Waals surface area contributed by atoms with Gasteiger partial charge in [0, 0.05) is 25.5 Å². The number of aryl methyl sites for hydroxylation is 1. The van der Waals surface area contributed by atoms with Crippen molar-refractivity contribution in [1.29, 1.82) is 0 Å². The highest BCUT2D eigenvalue weighted by Crippen LogP contribution is 2.39. The SMILES string of the molecule is Cn1ccn2nc(C=C(F)B3OC(C)(C)C(C)(C)O3)cc12. The quantitative estimate of drug-likeness (QED) is 0.799. The molecular weight excluding hydrogens is 272 g/mol.